The highest BCUT2D eigenvalue weighted by Gasteiger charge is 2.22. The molecule has 0 saturated heterocycles. The number of carbonyl (C=O) groups is 2. The van der Waals surface area contributed by atoms with E-state index < -0.39 is 0 Å². The number of hydrogen-bond acceptors (Lipinski definition) is 8. The highest BCUT2D eigenvalue weighted by molar-refractivity contribution is 9.10. The Hall–Kier alpha value is -3.60. The summed E-state index contributed by atoms with van der Waals surface area (Å²) in [6.45, 7) is 7.51. The molecule has 0 amide bonds. The van der Waals surface area contributed by atoms with Crippen molar-refractivity contribution < 1.29 is 19.1 Å². The van der Waals surface area contributed by atoms with Gasteiger partial charge >= 0.3 is 11.9 Å². The number of ether oxygens (including phenoxy) is 2. The number of halogens is 3. The zero-order valence-corrected chi connectivity index (χ0v) is 33.1. The molecule has 0 spiro atoms. The van der Waals surface area contributed by atoms with Crippen molar-refractivity contribution in [3.8, 4) is 0 Å². The Balaban J connectivity index is 0.000000334. The van der Waals surface area contributed by atoms with Gasteiger partial charge in [0.25, 0.3) is 0 Å². The van der Waals surface area contributed by atoms with Crippen molar-refractivity contribution >= 4 is 68.1 Å². The normalized spacial score (nSPS) is 13.0. The maximum absolute atomic E-state index is 13.0. The number of nitrogens with two attached hydrogens (primary N) is 1. The largest absolute Gasteiger partial charge is 0.465 e. The van der Waals surface area contributed by atoms with Crippen molar-refractivity contribution in [1.29, 1.82) is 0 Å². The van der Waals surface area contributed by atoms with Crippen LogP contribution in [0.1, 0.15) is 67.4 Å². The number of esters is 2. The second-order valence-electron chi connectivity index (χ2n) is 12.7. The van der Waals surface area contributed by atoms with Gasteiger partial charge in [-0.25, -0.2) is 4.79 Å². The van der Waals surface area contributed by atoms with Gasteiger partial charge in [-0.1, -0.05) is 104 Å². The molecule has 0 aromatic heterocycles. The first-order valence-corrected chi connectivity index (χ1v) is 19.3. The third-order valence-corrected chi connectivity index (χ3v) is 10.2. The van der Waals surface area contributed by atoms with Gasteiger partial charge in [0, 0.05) is 49.3 Å². The fourth-order valence-electron chi connectivity index (χ4n) is 6.15. The van der Waals surface area contributed by atoms with E-state index in [4.69, 9.17) is 38.4 Å². The predicted molar refractivity (Wildman–Crippen MR) is 216 cm³/mol. The van der Waals surface area contributed by atoms with Gasteiger partial charge in [-0.3, -0.25) is 14.6 Å². The molecule has 0 aliphatic heterocycles. The molecular weight excluding hydrogens is 763 g/mol. The van der Waals surface area contributed by atoms with Crippen molar-refractivity contribution in [1.82, 2.24) is 9.80 Å². The van der Waals surface area contributed by atoms with Crippen LogP contribution >= 0.6 is 39.1 Å². The highest BCUT2D eigenvalue weighted by atomic mass is 79.9. The second kappa shape index (κ2) is 21.8. The second-order valence-corrected chi connectivity index (χ2v) is 14.4. The third kappa shape index (κ3) is 13.4. The van der Waals surface area contributed by atoms with Crippen LogP contribution in [0.25, 0.3) is 0 Å². The molecule has 3 N–H and O–H groups in total. The van der Waals surface area contributed by atoms with Crippen molar-refractivity contribution in [3.05, 3.63) is 122 Å². The van der Waals surface area contributed by atoms with Gasteiger partial charge in [-0.2, -0.15) is 0 Å². The quantitative estimate of drug-likeness (QED) is 0.0905. The number of nitrogens with zero attached hydrogens (tertiary/aromatic N) is 2. The minimum Gasteiger partial charge on any atom is -0.465 e. The Morgan fingerprint density at radius 1 is 0.846 bits per heavy atom. The Morgan fingerprint density at radius 3 is 2.08 bits per heavy atom. The fraction of sp³-hybridized carbons (Fsp3) is 0.366. The van der Waals surface area contributed by atoms with Gasteiger partial charge in [0.05, 0.1) is 27.0 Å². The average Bonchev–Trinajstić information content (AvgIpc) is 3.15. The first kappa shape index (κ1) is 41.2. The van der Waals surface area contributed by atoms with E-state index in [9.17, 15) is 9.59 Å². The fourth-order valence-corrected chi connectivity index (χ4v) is 7.14. The van der Waals surface area contributed by atoms with Crippen molar-refractivity contribution in [2.24, 2.45) is 0 Å². The van der Waals surface area contributed by atoms with Gasteiger partial charge in [-0.05, 0) is 82.8 Å². The number of para-hydroxylation sites is 2. The number of carbonyl (C=O) groups excluding carboxylic acids is 2. The molecule has 5 rings (SSSR count). The minimum atomic E-state index is -0.373. The van der Waals surface area contributed by atoms with Gasteiger partial charge in [-0.15, -0.1) is 0 Å². The van der Waals surface area contributed by atoms with E-state index in [2.05, 4.69) is 38.0 Å². The molecule has 0 bridgehead atoms. The van der Waals surface area contributed by atoms with Gasteiger partial charge in [0.15, 0.2) is 0 Å². The number of anilines is 3. The lowest BCUT2D eigenvalue weighted by atomic mass is 9.93. The van der Waals surface area contributed by atoms with E-state index >= 15 is 0 Å². The summed E-state index contributed by atoms with van der Waals surface area (Å²) in [5, 5.41) is 4.41. The molecule has 4 aromatic rings. The van der Waals surface area contributed by atoms with Crippen LogP contribution in [0.4, 0.5) is 17.1 Å². The Labute approximate surface area is 326 Å². The lowest BCUT2D eigenvalue weighted by molar-refractivity contribution is -0.141. The summed E-state index contributed by atoms with van der Waals surface area (Å²) in [4.78, 5) is 28.7. The van der Waals surface area contributed by atoms with Crippen LogP contribution in [0.5, 0.6) is 0 Å². The van der Waals surface area contributed by atoms with Gasteiger partial charge in [0.1, 0.15) is 13.2 Å². The maximum atomic E-state index is 13.0. The summed E-state index contributed by atoms with van der Waals surface area (Å²) in [6, 6.07) is 29.4. The zero-order chi connectivity index (χ0) is 37.3. The molecular formula is C41H49BrCl2N4O4. The highest BCUT2D eigenvalue weighted by Crippen LogP contribution is 2.33. The van der Waals surface area contributed by atoms with E-state index in [1.165, 1.54) is 39.0 Å². The number of rotatable bonds is 15. The zero-order valence-electron chi connectivity index (χ0n) is 30.0. The van der Waals surface area contributed by atoms with Crippen molar-refractivity contribution in [3.63, 3.8) is 0 Å². The minimum absolute atomic E-state index is 0.228. The van der Waals surface area contributed by atoms with Crippen molar-refractivity contribution in [2.45, 2.75) is 65.1 Å². The smallest absolute Gasteiger partial charge is 0.338 e. The van der Waals surface area contributed by atoms with E-state index in [1.54, 1.807) is 18.2 Å². The Bertz CT molecular complexity index is 1690. The molecule has 1 saturated carbocycles. The summed E-state index contributed by atoms with van der Waals surface area (Å²) in [6.07, 6.45) is 6.29. The summed E-state index contributed by atoms with van der Waals surface area (Å²) >= 11 is 15.6. The molecule has 1 aliphatic carbocycles. The van der Waals surface area contributed by atoms with Gasteiger partial charge < -0.3 is 20.5 Å². The van der Waals surface area contributed by atoms with Crippen molar-refractivity contribution in [2.75, 3.05) is 43.9 Å². The summed E-state index contributed by atoms with van der Waals surface area (Å²) < 4.78 is 11.5. The molecule has 11 heteroatoms. The maximum Gasteiger partial charge on any atom is 0.338 e. The first-order chi connectivity index (χ1) is 25.1. The molecule has 0 unspecified atom stereocenters. The van der Waals surface area contributed by atoms with E-state index in [1.807, 2.05) is 72.8 Å². The molecule has 52 heavy (non-hydrogen) atoms. The van der Waals surface area contributed by atoms with E-state index in [0.29, 0.717) is 64.6 Å². The SMILES string of the molecule is CCN(Cc1cc(C(=O)OCCN(CCOC(C)=O)Cc2ccccc2)cc(Br)c1N)C1CCCCC1.Clc1cccc(Cl)c1Nc1ccccc1. The Kier molecular flexibility index (Phi) is 17.3. The molecule has 0 heterocycles. The van der Waals surface area contributed by atoms with Crippen LogP contribution in [0.3, 0.4) is 0 Å². The number of nitrogens with one attached hydrogen (secondary N) is 1. The molecule has 1 aliphatic rings. The summed E-state index contributed by atoms with van der Waals surface area (Å²) in [5.41, 5.74) is 11.4. The molecule has 0 atom stereocenters. The van der Waals surface area contributed by atoms with Crippen LogP contribution in [0, 0.1) is 0 Å². The number of benzene rings is 4. The van der Waals surface area contributed by atoms with Crippen LogP contribution in [0.2, 0.25) is 10.0 Å². The van der Waals surface area contributed by atoms with Crippen LogP contribution in [-0.2, 0) is 27.4 Å². The van der Waals surface area contributed by atoms with Gasteiger partial charge in [0.2, 0.25) is 0 Å². The molecule has 0 radical (unpaired) electrons. The molecule has 8 nitrogen and oxygen atoms in total. The first-order valence-electron chi connectivity index (χ1n) is 17.8. The van der Waals surface area contributed by atoms with E-state index in [0.717, 1.165) is 29.0 Å². The standard InChI is InChI=1S/C29H40BrN3O4.C12H9Cl2N/c1-3-33(26-12-8-5-9-13-26)21-25-18-24(19-27(30)28(25)31)29(35)37-17-15-32(14-16-36-22(2)34)20-23-10-6-4-7-11-23;13-10-7-4-8-11(14)12(10)15-9-5-2-1-3-6-9/h4,6-7,10-11,18-19,26H,3,5,8-9,12-17,20-21,31H2,1-2H3;1-8,15H. The number of nitrogen functional groups attached to an aromatic ring is 1. The van der Waals surface area contributed by atoms with Crippen LogP contribution in [-0.4, -0.2) is 60.6 Å². The molecule has 278 valence electrons. The lowest BCUT2D eigenvalue weighted by Gasteiger charge is -2.34. The van der Waals surface area contributed by atoms with E-state index in [-0.39, 0.29) is 18.5 Å². The molecule has 1 fully saturated rings. The topological polar surface area (TPSA) is 97.1 Å². The number of hydrogen-bond donors (Lipinski definition) is 2. The molecule has 4 aromatic carbocycles. The lowest BCUT2D eigenvalue weighted by Crippen LogP contribution is -2.36. The van der Waals surface area contributed by atoms with Crippen LogP contribution in [0.15, 0.2) is 95.5 Å². The Morgan fingerprint density at radius 2 is 1.46 bits per heavy atom. The summed E-state index contributed by atoms with van der Waals surface area (Å²) in [5.74, 6) is -0.678. The monoisotopic (exact) mass is 810 g/mol. The summed E-state index contributed by atoms with van der Waals surface area (Å²) in [7, 11) is 0. The van der Waals surface area contributed by atoms with Crippen LogP contribution < -0.4 is 11.1 Å². The predicted octanol–water partition coefficient (Wildman–Crippen LogP) is 10.1. The average molecular weight is 813 g/mol. The third-order valence-electron chi connectivity index (χ3n) is 8.93.